The number of aromatic nitrogens is 2. The van der Waals surface area contributed by atoms with Gasteiger partial charge in [0.25, 0.3) is 5.69 Å². The topological polar surface area (TPSA) is 89.2 Å². The van der Waals surface area contributed by atoms with Crippen LogP contribution in [0.15, 0.2) is 27.4 Å². The van der Waals surface area contributed by atoms with Gasteiger partial charge in [0.2, 0.25) is 0 Å². The van der Waals surface area contributed by atoms with Crippen LogP contribution >= 0.6 is 23.1 Å². The molecule has 0 fully saturated rings. The van der Waals surface area contributed by atoms with Crippen LogP contribution in [0.3, 0.4) is 0 Å². The molecule has 1 aromatic heterocycles. The van der Waals surface area contributed by atoms with Crippen molar-refractivity contribution < 1.29 is 10.0 Å². The molecule has 0 aliphatic heterocycles. The summed E-state index contributed by atoms with van der Waals surface area (Å²) in [5, 5.41) is 28.6. The van der Waals surface area contributed by atoms with Gasteiger partial charge in [-0.3, -0.25) is 10.1 Å². The lowest BCUT2D eigenvalue weighted by atomic mass is 10.2. The molecule has 1 aromatic carbocycles. The number of aryl methyl sites for hydroxylation is 1. The zero-order valence-corrected chi connectivity index (χ0v) is 11.0. The molecule has 94 valence electrons. The molecule has 0 saturated heterocycles. The fourth-order valence-electron chi connectivity index (χ4n) is 1.35. The van der Waals surface area contributed by atoms with Gasteiger partial charge in [0.1, 0.15) is 5.01 Å². The van der Waals surface area contributed by atoms with Crippen molar-refractivity contribution in [3.05, 3.63) is 38.9 Å². The average molecular weight is 283 g/mol. The molecule has 18 heavy (non-hydrogen) atoms. The van der Waals surface area contributed by atoms with E-state index in [9.17, 15) is 10.1 Å². The first-order valence-corrected chi connectivity index (χ1v) is 6.59. The number of nitro benzene ring substituents is 1. The van der Waals surface area contributed by atoms with Crippen LogP contribution in [0.5, 0.6) is 0 Å². The Bertz CT molecular complexity index is 585. The van der Waals surface area contributed by atoms with E-state index in [0.29, 0.717) is 5.56 Å². The third-order valence-electron chi connectivity index (χ3n) is 2.13. The summed E-state index contributed by atoms with van der Waals surface area (Å²) in [5.74, 6) is 0. The Morgan fingerprint density at radius 1 is 1.50 bits per heavy atom. The van der Waals surface area contributed by atoms with Gasteiger partial charge in [0.05, 0.1) is 17.1 Å². The molecule has 0 bridgehead atoms. The molecule has 0 atom stereocenters. The van der Waals surface area contributed by atoms with E-state index in [0.717, 1.165) is 14.2 Å². The van der Waals surface area contributed by atoms with E-state index in [2.05, 4.69) is 10.2 Å². The number of aliphatic hydroxyl groups excluding tert-OH is 1. The molecular formula is C10H9N3O3S2. The van der Waals surface area contributed by atoms with Gasteiger partial charge in [0.15, 0.2) is 4.34 Å². The Hall–Kier alpha value is -1.51. The van der Waals surface area contributed by atoms with Crippen LogP contribution < -0.4 is 0 Å². The van der Waals surface area contributed by atoms with Crippen molar-refractivity contribution in [1.29, 1.82) is 0 Å². The second-order valence-electron chi connectivity index (χ2n) is 3.39. The fraction of sp³-hybridized carbons (Fsp3) is 0.200. The normalized spacial score (nSPS) is 10.6. The highest BCUT2D eigenvalue weighted by atomic mass is 32.2. The maximum Gasteiger partial charge on any atom is 0.274 e. The molecule has 0 radical (unpaired) electrons. The van der Waals surface area contributed by atoms with E-state index in [-0.39, 0.29) is 12.3 Å². The molecule has 0 spiro atoms. The van der Waals surface area contributed by atoms with Crippen LogP contribution in [0.4, 0.5) is 5.69 Å². The maximum absolute atomic E-state index is 10.7. The summed E-state index contributed by atoms with van der Waals surface area (Å²) in [6, 6.07) is 4.63. The first-order valence-electron chi connectivity index (χ1n) is 4.96. The third kappa shape index (κ3) is 2.84. The Balaban J connectivity index is 2.27. The first kappa shape index (κ1) is 12.9. The Morgan fingerprint density at radius 2 is 2.28 bits per heavy atom. The van der Waals surface area contributed by atoms with E-state index in [1.807, 2.05) is 6.92 Å². The number of aliphatic hydroxyl groups is 1. The van der Waals surface area contributed by atoms with Crippen LogP contribution in [0.2, 0.25) is 0 Å². The largest absolute Gasteiger partial charge is 0.391 e. The number of nitrogens with zero attached hydrogens (tertiary/aromatic N) is 3. The van der Waals surface area contributed by atoms with E-state index >= 15 is 0 Å². The summed E-state index contributed by atoms with van der Waals surface area (Å²) >= 11 is 2.82. The highest BCUT2D eigenvalue weighted by Gasteiger charge is 2.14. The standard InChI is InChI=1S/C10H9N3O3S2/c1-6-11-12-10(17-6)18-8-2-3-9(13(15)16)7(4-8)5-14/h2-4,14H,5H2,1H3. The van der Waals surface area contributed by atoms with Crippen LogP contribution in [-0.4, -0.2) is 20.2 Å². The number of rotatable bonds is 4. The lowest BCUT2D eigenvalue weighted by Crippen LogP contribution is -1.95. The van der Waals surface area contributed by atoms with Gasteiger partial charge >= 0.3 is 0 Å². The number of benzene rings is 1. The van der Waals surface area contributed by atoms with Gasteiger partial charge in [-0.1, -0.05) is 23.1 Å². The molecule has 0 amide bonds. The quantitative estimate of drug-likeness (QED) is 0.684. The van der Waals surface area contributed by atoms with Gasteiger partial charge in [-0.05, 0) is 19.1 Å². The Kier molecular flexibility index (Phi) is 3.90. The summed E-state index contributed by atoms with van der Waals surface area (Å²) in [4.78, 5) is 11.0. The molecule has 0 aliphatic rings. The van der Waals surface area contributed by atoms with E-state index in [1.165, 1.54) is 29.2 Å². The van der Waals surface area contributed by atoms with E-state index in [4.69, 9.17) is 5.11 Å². The minimum Gasteiger partial charge on any atom is -0.391 e. The minimum atomic E-state index is -0.505. The van der Waals surface area contributed by atoms with Crippen molar-refractivity contribution in [1.82, 2.24) is 10.2 Å². The molecule has 2 rings (SSSR count). The molecule has 1 N–H and O–H groups in total. The smallest absolute Gasteiger partial charge is 0.274 e. The van der Waals surface area contributed by atoms with Crippen molar-refractivity contribution in [2.75, 3.05) is 0 Å². The summed E-state index contributed by atoms with van der Waals surface area (Å²) in [5.41, 5.74) is 0.224. The number of hydrogen-bond acceptors (Lipinski definition) is 7. The SMILES string of the molecule is Cc1nnc(Sc2ccc([N+](=O)[O-])c(CO)c2)s1. The second kappa shape index (κ2) is 5.42. The monoisotopic (exact) mass is 283 g/mol. The maximum atomic E-state index is 10.7. The molecule has 6 nitrogen and oxygen atoms in total. The van der Waals surface area contributed by atoms with Crippen LogP contribution in [0, 0.1) is 17.0 Å². The van der Waals surface area contributed by atoms with Crippen LogP contribution in [-0.2, 0) is 6.61 Å². The molecule has 1 heterocycles. The number of hydrogen-bond donors (Lipinski definition) is 1. The van der Waals surface area contributed by atoms with Gasteiger partial charge in [-0.15, -0.1) is 10.2 Å². The fourth-order valence-corrected chi connectivity index (χ4v) is 3.20. The summed E-state index contributed by atoms with van der Waals surface area (Å²) in [6.07, 6.45) is 0. The molecular weight excluding hydrogens is 274 g/mol. The highest BCUT2D eigenvalue weighted by molar-refractivity contribution is 8.01. The summed E-state index contributed by atoms with van der Waals surface area (Å²) < 4.78 is 0.769. The predicted octanol–water partition coefficient (Wildman–Crippen LogP) is 2.40. The van der Waals surface area contributed by atoms with Crippen molar-refractivity contribution in [3.63, 3.8) is 0 Å². The van der Waals surface area contributed by atoms with Gasteiger partial charge in [-0.25, -0.2) is 0 Å². The molecule has 0 aliphatic carbocycles. The average Bonchev–Trinajstić information content (AvgIpc) is 2.74. The van der Waals surface area contributed by atoms with Crippen molar-refractivity contribution in [2.45, 2.75) is 22.8 Å². The van der Waals surface area contributed by atoms with Crippen LogP contribution in [0.25, 0.3) is 0 Å². The lowest BCUT2D eigenvalue weighted by molar-refractivity contribution is -0.385. The second-order valence-corrected chi connectivity index (χ2v) is 5.90. The minimum absolute atomic E-state index is 0.0738. The van der Waals surface area contributed by atoms with Crippen molar-refractivity contribution in [2.24, 2.45) is 0 Å². The van der Waals surface area contributed by atoms with Gasteiger partial charge in [-0.2, -0.15) is 0 Å². The van der Waals surface area contributed by atoms with E-state index < -0.39 is 4.92 Å². The van der Waals surface area contributed by atoms with Gasteiger partial charge < -0.3 is 5.11 Å². The highest BCUT2D eigenvalue weighted by Crippen LogP contribution is 2.32. The first-order chi connectivity index (χ1) is 8.60. The van der Waals surface area contributed by atoms with Crippen LogP contribution in [0.1, 0.15) is 10.6 Å². The summed E-state index contributed by atoms with van der Waals surface area (Å²) in [6.45, 7) is 1.50. The molecule has 0 saturated carbocycles. The Labute approximate surface area is 111 Å². The lowest BCUT2D eigenvalue weighted by Gasteiger charge is -2.02. The van der Waals surface area contributed by atoms with Crippen molar-refractivity contribution in [3.8, 4) is 0 Å². The predicted molar refractivity (Wildman–Crippen MR) is 67.8 cm³/mol. The summed E-state index contributed by atoms with van der Waals surface area (Å²) in [7, 11) is 0. The van der Waals surface area contributed by atoms with Gasteiger partial charge in [0, 0.05) is 11.0 Å². The van der Waals surface area contributed by atoms with Crippen molar-refractivity contribution >= 4 is 28.8 Å². The molecule has 8 heteroatoms. The molecule has 2 aromatic rings. The zero-order chi connectivity index (χ0) is 13.1. The zero-order valence-electron chi connectivity index (χ0n) is 9.36. The molecule has 0 unspecified atom stereocenters. The third-order valence-corrected chi connectivity index (χ3v) is 4.01. The number of nitro groups is 1. The van der Waals surface area contributed by atoms with E-state index in [1.54, 1.807) is 12.1 Å². The Morgan fingerprint density at radius 3 is 2.83 bits per heavy atom.